The predicted octanol–water partition coefficient (Wildman–Crippen LogP) is 7.53. The highest BCUT2D eigenvalue weighted by Gasteiger charge is 2.29. The summed E-state index contributed by atoms with van der Waals surface area (Å²) in [6.45, 7) is 5.81. The third-order valence-electron chi connectivity index (χ3n) is 7.30. The van der Waals surface area contributed by atoms with E-state index in [-0.39, 0.29) is 18.3 Å². The first-order valence-electron chi connectivity index (χ1n) is 14.7. The molecule has 2 aromatic carbocycles. The molecule has 0 spiro atoms. The maximum atomic E-state index is 13.2. The number of carbonyl (C=O) groups is 1. The van der Waals surface area contributed by atoms with Crippen molar-refractivity contribution < 1.29 is 14.3 Å². The molecular weight excluding hydrogens is 501 g/mol. The summed E-state index contributed by atoms with van der Waals surface area (Å²) < 4.78 is 14.3. The number of terminal acetylenes is 1. The molecule has 2 N–H and O–H groups in total. The molecule has 0 saturated heterocycles. The van der Waals surface area contributed by atoms with E-state index in [0.717, 1.165) is 36.0 Å². The van der Waals surface area contributed by atoms with Gasteiger partial charge in [0.25, 0.3) is 5.91 Å². The van der Waals surface area contributed by atoms with Crippen LogP contribution < -0.4 is 5.32 Å². The van der Waals surface area contributed by atoms with Crippen LogP contribution in [0.15, 0.2) is 54.6 Å². The fourth-order valence-corrected chi connectivity index (χ4v) is 5.29. The molecule has 1 amide bonds. The Hall–Kier alpha value is -3.43. The molecular formula is C34H46FN3O2. The first kappa shape index (κ1) is 32.8. The third kappa shape index (κ3) is 9.34. The molecule has 1 aromatic heterocycles. The normalized spacial score (nSPS) is 15.3. The minimum absolute atomic E-state index is 0.124. The van der Waals surface area contributed by atoms with Gasteiger partial charge in [-0.05, 0) is 63.1 Å². The first-order valence-corrected chi connectivity index (χ1v) is 14.7. The van der Waals surface area contributed by atoms with Gasteiger partial charge in [-0.2, -0.15) is 5.10 Å². The smallest absolute Gasteiger partial charge is 0.272 e. The minimum Gasteiger partial charge on any atom is -0.394 e. The summed E-state index contributed by atoms with van der Waals surface area (Å²) in [6.07, 6.45) is 19.6. The van der Waals surface area contributed by atoms with Gasteiger partial charge in [-0.1, -0.05) is 87.6 Å². The van der Waals surface area contributed by atoms with Crippen molar-refractivity contribution in [1.82, 2.24) is 15.1 Å². The highest BCUT2D eigenvalue weighted by molar-refractivity contribution is 5.94. The minimum atomic E-state index is -0.407. The van der Waals surface area contributed by atoms with E-state index >= 15 is 0 Å². The molecule has 1 saturated carbocycles. The Morgan fingerprint density at radius 2 is 1.57 bits per heavy atom. The summed E-state index contributed by atoms with van der Waals surface area (Å²) in [5.41, 5.74) is 5.01. The highest BCUT2D eigenvalue weighted by Crippen LogP contribution is 2.33. The van der Waals surface area contributed by atoms with E-state index in [2.05, 4.69) is 22.8 Å². The number of aromatic nitrogens is 2. The molecule has 0 unspecified atom stereocenters. The highest BCUT2D eigenvalue weighted by atomic mass is 19.1. The largest absolute Gasteiger partial charge is 0.394 e. The number of hydrogen-bond acceptors (Lipinski definition) is 3. The second kappa shape index (κ2) is 18.0. The quantitative estimate of drug-likeness (QED) is 0.256. The molecule has 2 aliphatic rings. The van der Waals surface area contributed by atoms with Crippen molar-refractivity contribution in [3.8, 4) is 12.8 Å². The second-order valence-corrected chi connectivity index (χ2v) is 9.99. The summed E-state index contributed by atoms with van der Waals surface area (Å²) in [5, 5.41) is 17.7. The van der Waals surface area contributed by atoms with Crippen LogP contribution >= 0.6 is 0 Å². The molecule has 1 fully saturated rings. The van der Waals surface area contributed by atoms with Crippen LogP contribution in [0.3, 0.4) is 0 Å². The van der Waals surface area contributed by atoms with E-state index in [1.165, 1.54) is 62.8 Å². The summed E-state index contributed by atoms with van der Waals surface area (Å²) in [5.74, 6) is -0.328. The van der Waals surface area contributed by atoms with Crippen molar-refractivity contribution in [1.29, 1.82) is 0 Å². The van der Waals surface area contributed by atoms with Gasteiger partial charge >= 0.3 is 0 Å². The second-order valence-electron chi connectivity index (χ2n) is 9.99. The van der Waals surface area contributed by atoms with Gasteiger partial charge in [0.1, 0.15) is 5.82 Å². The number of halogens is 1. The Morgan fingerprint density at radius 1 is 0.975 bits per heavy atom. The Bertz CT molecular complexity index is 1130. The van der Waals surface area contributed by atoms with Crippen LogP contribution in [0.1, 0.15) is 110 Å². The SMILES string of the molecule is C#C.CC.Cc1ccc(F)cc1.O=C(N[C@@H](CO)c1ccccc1)c1nn(C2CCCCC2)c2c1CCCCC2. The maximum Gasteiger partial charge on any atom is 0.272 e. The lowest BCUT2D eigenvalue weighted by molar-refractivity contribution is 0.0908. The van der Waals surface area contributed by atoms with Crippen LogP contribution in [0.2, 0.25) is 0 Å². The van der Waals surface area contributed by atoms with Crippen LogP contribution in [0.25, 0.3) is 0 Å². The molecule has 1 atom stereocenters. The molecule has 5 nitrogen and oxygen atoms in total. The zero-order chi connectivity index (χ0) is 29.3. The number of amides is 1. The van der Waals surface area contributed by atoms with Crippen LogP contribution in [0, 0.1) is 25.6 Å². The molecule has 6 heteroatoms. The van der Waals surface area contributed by atoms with Gasteiger partial charge in [0.15, 0.2) is 5.69 Å². The Morgan fingerprint density at radius 3 is 2.17 bits per heavy atom. The lowest BCUT2D eigenvalue weighted by Gasteiger charge is -2.24. The molecule has 3 aromatic rings. The van der Waals surface area contributed by atoms with E-state index in [1.807, 2.05) is 51.1 Å². The fraction of sp³-hybridized carbons (Fsp3) is 0.471. The average molecular weight is 548 g/mol. The maximum absolute atomic E-state index is 13.2. The molecule has 40 heavy (non-hydrogen) atoms. The van der Waals surface area contributed by atoms with Crippen LogP contribution in [-0.2, 0) is 12.8 Å². The molecule has 2 aliphatic carbocycles. The van der Waals surface area contributed by atoms with Crippen molar-refractivity contribution in [2.75, 3.05) is 6.61 Å². The molecule has 5 rings (SSSR count). The molecule has 0 aliphatic heterocycles. The number of aryl methyl sites for hydroxylation is 1. The van der Waals surface area contributed by atoms with E-state index in [1.54, 1.807) is 12.1 Å². The molecule has 0 bridgehead atoms. The van der Waals surface area contributed by atoms with Gasteiger partial charge in [-0.3, -0.25) is 9.48 Å². The van der Waals surface area contributed by atoms with Crippen molar-refractivity contribution in [2.24, 2.45) is 0 Å². The van der Waals surface area contributed by atoms with E-state index < -0.39 is 6.04 Å². The number of hydrogen-bond donors (Lipinski definition) is 2. The van der Waals surface area contributed by atoms with Gasteiger partial charge < -0.3 is 10.4 Å². The van der Waals surface area contributed by atoms with Gasteiger partial charge in [-0.15, -0.1) is 12.8 Å². The number of fused-ring (bicyclic) bond motifs is 1. The van der Waals surface area contributed by atoms with Gasteiger partial charge in [0.2, 0.25) is 0 Å². The van der Waals surface area contributed by atoms with Crippen molar-refractivity contribution in [3.05, 3.63) is 88.5 Å². The summed E-state index contributed by atoms with van der Waals surface area (Å²) in [7, 11) is 0. The van der Waals surface area contributed by atoms with Crippen LogP contribution in [0.4, 0.5) is 4.39 Å². The molecule has 1 heterocycles. The number of benzene rings is 2. The summed E-state index contributed by atoms with van der Waals surface area (Å²) in [4.78, 5) is 13.2. The number of carbonyl (C=O) groups excluding carboxylic acids is 1. The van der Waals surface area contributed by atoms with Crippen molar-refractivity contribution in [3.63, 3.8) is 0 Å². The van der Waals surface area contributed by atoms with E-state index in [0.29, 0.717) is 11.7 Å². The van der Waals surface area contributed by atoms with Crippen LogP contribution in [-0.4, -0.2) is 27.4 Å². The zero-order valence-corrected chi connectivity index (χ0v) is 24.4. The monoisotopic (exact) mass is 547 g/mol. The van der Waals surface area contributed by atoms with Crippen LogP contribution in [0.5, 0.6) is 0 Å². The fourth-order valence-electron chi connectivity index (χ4n) is 5.29. The number of nitrogens with one attached hydrogen (secondary N) is 1. The number of aliphatic hydroxyl groups is 1. The summed E-state index contributed by atoms with van der Waals surface area (Å²) >= 11 is 0. The number of rotatable bonds is 5. The zero-order valence-electron chi connectivity index (χ0n) is 24.4. The number of aliphatic hydroxyl groups excluding tert-OH is 1. The molecule has 0 radical (unpaired) electrons. The standard InChI is InChI=1S/C23H31N3O2.C7H7F.C2H6.C2H2/c27-16-20(17-10-4-1-5-11-17)24-23(28)22-19-14-8-3-9-15-21(19)26(25-22)18-12-6-2-7-13-18;1-6-2-4-7(8)5-3-6;2*1-2/h1,4-5,10-11,18,20,27H,2-3,6-9,12-16H2,(H,24,28);2-5H,1H3;1-2H3;1-2H/t20-;;;/m0.../s1. The lowest BCUT2D eigenvalue weighted by Crippen LogP contribution is -2.31. The average Bonchev–Trinajstić information content (AvgIpc) is 3.21. The first-order chi connectivity index (χ1) is 19.6. The molecule has 216 valence electrons. The van der Waals surface area contributed by atoms with Gasteiger partial charge in [0, 0.05) is 11.3 Å². The Balaban J connectivity index is 0.000000394. The van der Waals surface area contributed by atoms with Crippen molar-refractivity contribution >= 4 is 5.91 Å². The Kier molecular flexibility index (Phi) is 14.8. The van der Waals surface area contributed by atoms with E-state index in [4.69, 9.17) is 5.10 Å². The van der Waals surface area contributed by atoms with Gasteiger partial charge in [0.05, 0.1) is 18.7 Å². The Labute approximate surface area is 240 Å². The van der Waals surface area contributed by atoms with Gasteiger partial charge in [-0.25, -0.2) is 4.39 Å². The van der Waals surface area contributed by atoms with E-state index in [9.17, 15) is 14.3 Å². The third-order valence-corrected chi connectivity index (χ3v) is 7.30. The predicted molar refractivity (Wildman–Crippen MR) is 162 cm³/mol. The topological polar surface area (TPSA) is 67.2 Å². The summed E-state index contributed by atoms with van der Waals surface area (Å²) in [6, 6.07) is 16.1. The number of nitrogens with zero attached hydrogens (tertiary/aromatic N) is 2. The lowest BCUT2D eigenvalue weighted by atomic mass is 9.95. The van der Waals surface area contributed by atoms with Crippen molar-refractivity contribution in [2.45, 2.75) is 97.1 Å².